The van der Waals surface area contributed by atoms with Crippen molar-refractivity contribution in [2.45, 2.75) is 71.4 Å². The highest BCUT2D eigenvalue weighted by Gasteiger charge is 2.23. The standard InChI is InChI=1S/C21H30N4O2/c1-15(2)21-19(22-14-27-21)13-24-9-7-16(8-10-24)12-25-20(26)11-17-5-3-4-6-18(17)23-25/h11,14-16H,3-10,12-13H2,1-2H3. The van der Waals surface area contributed by atoms with Crippen LogP contribution >= 0.6 is 0 Å². The molecule has 1 fully saturated rings. The van der Waals surface area contributed by atoms with E-state index in [4.69, 9.17) is 4.42 Å². The Kier molecular flexibility index (Phi) is 5.43. The molecule has 146 valence electrons. The van der Waals surface area contributed by atoms with Crippen LogP contribution in [0.5, 0.6) is 0 Å². The van der Waals surface area contributed by atoms with E-state index in [1.807, 2.05) is 6.07 Å². The highest BCUT2D eigenvalue weighted by molar-refractivity contribution is 5.20. The third-order valence-electron chi connectivity index (χ3n) is 5.98. The molecule has 2 aromatic heterocycles. The molecule has 2 aliphatic rings. The minimum absolute atomic E-state index is 0.0715. The summed E-state index contributed by atoms with van der Waals surface area (Å²) in [6.07, 6.45) is 8.16. The van der Waals surface area contributed by atoms with Crippen LogP contribution in [0.3, 0.4) is 0 Å². The molecule has 3 heterocycles. The highest BCUT2D eigenvalue weighted by atomic mass is 16.3. The molecular formula is C21H30N4O2. The van der Waals surface area contributed by atoms with Gasteiger partial charge in [-0.3, -0.25) is 9.69 Å². The van der Waals surface area contributed by atoms with Crippen molar-refractivity contribution in [3.8, 4) is 0 Å². The van der Waals surface area contributed by atoms with Crippen molar-refractivity contribution in [2.75, 3.05) is 13.1 Å². The van der Waals surface area contributed by atoms with Gasteiger partial charge in [-0.1, -0.05) is 13.8 Å². The van der Waals surface area contributed by atoms with Crippen molar-refractivity contribution in [3.05, 3.63) is 45.5 Å². The second-order valence-electron chi connectivity index (χ2n) is 8.38. The first-order chi connectivity index (χ1) is 13.1. The second kappa shape index (κ2) is 7.97. The van der Waals surface area contributed by atoms with Crippen LogP contribution in [-0.2, 0) is 25.9 Å². The highest BCUT2D eigenvalue weighted by Crippen LogP contribution is 2.24. The number of aromatic nitrogens is 3. The van der Waals surface area contributed by atoms with E-state index in [-0.39, 0.29) is 5.56 Å². The van der Waals surface area contributed by atoms with Gasteiger partial charge < -0.3 is 4.42 Å². The maximum Gasteiger partial charge on any atom is 0.267 e. The van der Waals surface area contributed by atoms with Crippen LogP contribution in [-0.4, -0.2) is 32.8 Å². The van der Waals surface area contributed by atoms with E-state index in [0.29, 0.717) is 11.8 Å². The zero-order chi connectivity index (χ0) is 18.8. The molecule has 0 bridgehead atoms. The number of hydrogen-bond donors (Lipinski definition) is 0. The SMILES string of the molecule is CC(C)c1ocnc1CN1CCC(Cn2nc3c(cc2=O)CCCC3)CC1. The van der Waals surface area contributed by atoms with Crippen LogP contribution in [0.1, 0.15) is 68.2 Å². The fraction of sp³-hybridized carbons (Fsp3) is 0.667. The van der Waals surface area contributed by atoms with Gasteiger partial charge in [-0.05, 0) is 63.1 Å². The first kappa shape index (κ1) is 18.4. The van der Waals surface area contributed by atoms with E-state index in [1.165, 1.54) is 18.4 Å². The number of fused-ring (bicyclic) bond motifs is 1. The molecule has 1 saturated heterocycles. The third-order valence-corrected chi connectivity index (χ3v) is 5.98. The van der Waals surface area contributed by atoms with Crippen LogP contribution in [0.25, 0.3) is 0 Å². The predicted molar refractivity (Wildman–Crippen MR) is 104 cm³/mol. The number of aryl methyl sites for hydroxylation is 2. The van der Waals surface area contributed by atoms with E-state index >= 15 is 0 Å². The Morgan fingerprint density at radius 3 is 2.78 bits per heavy atom. The van der Waals surface area contributed by atoms with Crippen molar-refractivity contribution in [3.63, 3.8) is 0 Å². The zero-order valence-corrected chi connectivity index (χ0v) is 16.5. The van der Waals surface area contributed by atoms with Gasteiger partial charge in [0.1, 0.15) is 5.76 Å². The van der Waals surface area contributed by atoms with Crippen molar-refractivity contribution < 1.29 is 4.42 Å². The molecule has 0 radical (unpaired) electrons. The lowest BCUT2D eigenvalue weighted by Crippen LogP contribution is -2.37. The van der Waals surface area contributed by atoms with Gasteiger partial charge in [-0.15, -0.1) is 0 Å². The van der Waals surface area contributed by atoms with Crippen LogP contribution in [0.15, 0.2) is 21.7 Å². The van der Waals surface area contributed by atoms with Gasteiger partial charge in [-0.25, -0.2) is 9.67 Å². The number of likely N-dealkylation sites (tertiary alicyclic amines) is 1. The normalized spacial score (nSPS) is 18.8. The van der Waals surface area contributed by atoms with Crippen molar-refractivity contribution in [1.29, 1.82) is 0 Å². The van der Waals surface area contributed by atoms with Crippen molar-refractivity contribution in [1.82, 2.24) is 19.7 Å². The van der Waals surface area contributed by atoms with Crippen LogP contribution in [0.4, 0.5) is 0 Å². The minimum Gasteiger partial charge on any atom is -0.448 e. The summed E-state index contributed by atoms with van der Waals surface area (Å²) in [7, 11) is 0. The van der Waals surface area contributed by atoms with Crippen LogP contribution in [0, 0.1) is 5.92 Å². The molecule has 6 nitrogen and oxygen atoms in total. The van der Waals surface area contributed by atoms with E-state index in [2.05, 4.69) is 28.8 Å². The fourth-order valence-electron chi connectivity index (χ4n) is 4.38. The van der Waals surface area contributed by atoms with E-state index in [0.717, 1.165) is 69.0 Å². The van der Waals surface area contributed by atoms with E-state index in [9.17, 15) is 4.79 Å². The Balaban J connectivity index is 1.35. The van der Waals surface area contributed by atoms with Gasteiger partial charge in [0.05, 0.1) is 11.4 Å². The predicted octanol–water partition coefficient (Wildman–Crippen LogP) is 3.15. The Hall–Kier alpha value is -1.95. The molecule has 2 aromatic rings. The van der Waals surface area contributed by atoms with Gasteiger partial charge in [0.15, 0.2) is 6.39 Å². The van der Waals surface area contributed by atoms with Crippen molar-refractivity contribution in [2.24, 2.45) is 5.92 Å². The maximum atomic E-state index is 12.4. The molecule has 0 atom stereocenters. The van der Waals surface area contributed by atoms with Gasteiger partial charge in [0.2, 0.25) is 0 Å². The molecule has 0 spiro atoms. The molecular weight excluding hydrogens is 340 g/mol. The maximum absolute atomic E-state index is 12.4. The smallest absolute Gasteiger partial charge is 0.267 e. The summed E-state index contributed by atoms with van der Waals surface area (Å²) < 4.78 is 7.26. The first-order valence-electron chi connectivity index (χ1n) is 10.3. The summed E-state index contributed by atoms with van der Waals surface area (Å²) in [4.78, 5) is 19.3. The Bertz CT molecular complexity index is 831. The number of hydrogen-bond acceptors (Lipinski definition) is 5. The molecule has 0 saturated carbocycles. The monoisotopic (exact) mass is 370 g/mol. The summed E-state index contributed by atoms with van der Waals surface area (Å²) in [5.74, 6) is 1.89. The number of piperidine rings is 1. The molecule has 1 aliphatic heterocycles. The van der Waals surface area contributed by atoms with Gasteiger partial charge in [0, 0.05) is 25.1 Å². The van der Waals surface area contributed by atoms with Crippen molar-refractivity contribution >= 4 is 0 Å². The summed E-state index contributed by atoms with van der Waals surface area (Å²) in [5.41, 5.74) is 3.45. The zero-order valence-electron chi connectivity index (χ0n) is 16.5. The largest absolute Gasteiger partial charge is 0.448 e. The molecule has 0 unspecified atom stereocenters. The first-order valence-corrected chi connectivity index (χ1v) is 10.3. The topological polar surface area (TPSA) is 64.2 Å². The fourth-order valence-corrected chi connectivity index (χ4v) is 4.38. The van der Waals surface area contributed by atoms with Gasteiger partial charge in [-0.2, -0.15) is 5.10 Å². The molecule has 1 aliphatic carbocycles. The lowest BCUT2D eigenvalue weighted by Gasteiger charge is -2.31. The van der Waals surface area contributed by atoms with E-state index in [1.54, 1.807) is 11.1 Å². The average molecular weight is 370 g/mol. The molecule has 0 N–H and O–H groups in total. The summed E-state index contributed by atoms with van der Waals surface area (Å²) >= 11 is 0. The number of rotatable bonds is 5. The lowest BCUT2D eigenvalue weighted by molar-refractivity contribution is 0.161. The molecule has 27 heavy (non-hydrogen) atoms. The summed E-state index contributed by atoms with van der Waals surface area (Å²) in [6.45, 7) is 7.96. The molecule has 0 aromatic carbocycles. The van der Waals surface area contributed by atoms with E-state index < -0.39 is 0 Å². The molecule has 0 amide bonds. The Labute approximate surface area is 160 Å². The van der Waals surface area contributed by atoms with Crippen LogP contribution < -0.4 is 5.56 Å². The molecule has 4 rings (SSSR count). The number of nitrogens with zero attached hydrogens (tertiary/aromatic N) is 4. The second-order valence-corrected chi connectivity index (χ2v) is 8.38. The molecule has 6 heteroatoms. The van der Waals surface area contributed by atoms with Gasteiger partial charge in [0.25, 0.3) is 5.56 Å². The quantitative estimate of drug-likeness (QED) is 0.809. The van der Waals surface area contributed by atoms with Crippen LogP contribution in [0.2, 0.25) is 0 Å². The third kappa shape index (κ3) is 4.15. The van der Waals surface area contributed by atoms with Gasteiger partial charge >= 0.3 is 0 Å². The minimum atomic E-state index is 0.0715. The lowest BCUT2D eigenvalue weighted by atomic mass is 9.95. The Morgan fingerprint density at radius 1 is 1.22 bits per heavy atom. The summed E-state index contributed by atoms with van der Waals surface area (Å²) in [5, 5.41) is 4.69. The number of oxazole rings is 1. The average Bonchev–Trinajstić information content (AvgIpc) is 3.12. The summed E-state index contributed by atoms with van der Waals surface area (Å²) in [6, 6.07) is 1.83. The Morgan fingerprint density at radius 2 is 2.00 bits per heavy atom.